The van der Waals surface area contributed by atoms with Gasteiger partial charge >= 0.3 is 0 Å². The molecule has 0 unspecified atom stereocenters. The second kappa shape index (κ2) is 7.97. The van der Waals surface area contributed by atoms with Gasteiger partial charge in [0, 0.05) is 5.69 Å². The molecule has 0 aliphatic heterocycles. The maximum absolute atomic E-state index is 5.82. The fourth-order valence-corrected chi connectivity index (χ4v) is 2.41. The summed E-state index contributed by atoms with van der Waals surface area (Å²) in [5, 5.41) is 7.02. The standard InChI is InChI=1S/C19H24N2OS/c1-13-5-8-17(9-6-13)21-19(23)20-16(4)12-22-18-10-7-14(2)15(3)11-18/h5-11,16H,12H2,1-4H3,(H2,20,21,23)/t16-/m0/s1. The van der Waals surface area contributed by atoms with Gasteiger partial charge in [0.1, 0.15) is 12.4 Å². The van der Waals surface area contributed by atoms with E-state index in [-0.39, 0.29) is 6.04 Å². The van der Waals surface area contributed by atoms with E-state index in [9.17, 15) is 0 Å². The Bertz CT molecular complexity index is 668. The Morgan fingerprint density at radius 1 is 1.04 bits per heavy atom. The summed E-state index contributed by atoms with van der Waals surface area (Å²) in [6.07, 6.45) is 0. The first-order chi connectivity index (χ1) is 10.9. The lowest BCUT2D eigenvalue weighted by atomic mass is 10.1. The second-order valence-electron chi connectivity index (χ2n) is 5.92. The summed E-state index contributed by atoms with van der Waals surface area (Å²) in [5.74, 6) is 0.888. The van der Waals surface area contributed by atoms with Crippen LogP contribution in [0.4, 0.5) is 5.69 Å². The highest BCUT2D eigenvalue weighted by Gasteiger charge is 2.06. The third-order valence-corrected chi connectivity index (χ3v) is 3.89. The molecule has 0 saturated heterocycles. The van der Waals surface area contributed by atoms with E-state index in [1.54, 1.807) is 0 Å². The molecule has 0 amide bonds. The van der Waals surface area contributed by atoms with Gasteiger partial charge < -0.3 is 15.4 Å². The molecule has 0 aromatic heterocycles. The van der Waals surface area contributed by atoms with Crippen molar-refractivity contribution >= 4 is 23.0 Å². The smallest absolute Gasteiger partial charge is 0.171 e. The maximum atomic E-state index is 5.82. The zero-order valence-electron chi connectivity index (χ0n) is 14.1. The number of nitrogens with one attached hydrogen (secondary N) is 2. The van der Waals surface area contributed by atoms with Crippen molar-refractivity contribution < 1.29 is 4.74 Å². The van der Waals surface area contributed by atoms with Crippen molar-refractivity contribution in [2.45, 2.75) is 33.7 Å². The van der Waals surface area contributed by atoms with Gasteiger partial charge in [0.05, 0.1) is 6.04 Å². The summed E-state index contributed by atoms with van der Waals surface area (Å²) >= 11 is 5.34. The molecule has 0 aliphatic carbocycles. The molecule has 0 radical (unpaired) electrons. The predicted octanol–water partition coefficient (Wildman–Crippen LogP) is 4.37. The van der Waals surface area contributed by atoms with Gasteiger partial charge in [0.15, 0.2) is 5.11 Å². The van der Waals surface area contributed by atoms with Crippen molar-refractivity contribution in [2.75, 3.05) is 11.9 Å². The molecule has 0 heterocycles. The van der Waals surface area contributed by atoms with Crippen LogP contribution in [-0.2, 0) is 0 Å². The molecular weight excluding hydrogens is 304 g/mol. The van der Waals surface area contributed by atoms with E-state index in [2.05, 4.69) is 55.7 Å². The van der Waals surface area contributed by atoms with Crippen molar-refractivity contribution in [3.05, 3.63) is 59.2 Å². The van der Waals surface area contributed by atoms with E-state index in [1.165, 1.54) is 16.7 Å². The lowest BCUT2D eigenvalue weighted by molar-refractivity contribution is 0.287. The molecule has 0 fully saturated rings. The van der Waals surface area contributed by atoms with Gasteiger partial charge in [-0.05, 0) is 75.3 Å². The average molecular weight is 328 g/mol. The molecule has 0 bridgehead atoms. The first-order valence-corrected chi connectivity index (χ1v) is 8.19. The summed E-state index contributed by atoms with van der Waals surface area (Å²) in [7, 11) is 0. The summed E-state index contributed by atoms with van der Waals surface area (Å²) in [6, 6.07) is 14.4. The third kappa shape index (κ3) is 5.57. The number of anilines is 1. The second-order valence-corrected chi connectivity index (χ2v) is 6.33. The Balaban J connectivity index is 1.79. The largest absolute Gasteiger partial charge is 0.491 e. The zero-order valence-corrected chi connectivity index (χ0v) is 15.0. The molecular formula is C19H24N2OS. The van der Waals surface area contributed by atoms with Crippen molar-refractivity contribution in [3.63, 3.8) is 0 Å². The van der Waals surface area contributed by atoms with Crippen LogP contribution in [-0.4, -0.2) is 17.8 Å². The van der Waals surface area contributed by atoms with Crippen LogP contribution < -0.4 is 15.4 Å². The number of rotatable bonds is 5. The highest BCUT2D eigenvalue weighted by atomic mass is 32.1. The Hall–Kier alpha value is -2.07. The fraction of sp³-hybridized carbons (Fsp3) is 0.316. The van der Waals surface area contributed by atoms with E-state index in [0.717, 1.165) is 11.4 Å². The van der Waals surface area contributed by atoms with E-state index in [0.29, 0.717) is 11.7 Å². The number of hydrogen-bond acceptors (Lipinski definition) is 2. The van der Waals surface area contributed by atoms with Crippen LogP contribution in [0.2, 0.25) is 0 Å². The van der Waals surface area contributed by atoms with Crippen LogP contribution in [0.5, 0.6) is 5.75 Å². The quantitative estimate of drug-likeness (QED) is 0.799. The minimum absolute atomic E-state index is 0.113. The van der Waals surface area contributed by atoms with Crippen molar-refractivity contribution in [1.29, 1.82) is 0 Å². The van der Waals surface area contributed by atoms with Crippen molar-refractivity contribution in [3.8, 4) is 5.75 Å². The molecule has 2 rings (SSSR count). The molecule has 0 spiro atoms. The molecule has 2 aromatic carbocycles. The molecule has 0 aliphatic rings. The van der Waals surface area contributed by atoms with E-state index >= 15 is 0 Å². The number of aryl methyl sites for hydroxylation is 3. The van der Waals surface area contributed by atoms with Crippen LogP contribution in [0.25, 0.3) is 0 Å². The Labute approximate surface area is 144 Å². The number of ether oxygens (including phenoxy) is 1. The highest BCUT2D eigenvalue weighted by molar-refractivity contribution is 7.80. The molecule has 2 aromatic rings. The normalized spacial score (nSPS) is 11.7. The summed E-state index contributed by atoms with van der Waals surface area (Å²) in [5.41, 5.74) is 4.71. The number of hydrogen-bond donors (Lipinski definition) is 2. The van der Waals surface area contributed by atoms with Gasteiger partial charge in [0.2, 0.25) is 0 Å². The van der Waals surface area contributed by atoms with Crippen LogP contribution >= 0.6 is 12.2 Å². The van der Waals surface area contributed by atoms with E-state index in [4.69, 9.17) is 17.0 Å². The third-order valence-electron chi connectivity index (χ3n) is 3.67. The van der Waals surface area contributed by atoms with Gasteiger partial charge in [-0.25, -0.2) is 0 Å². The van der Waals surface area contributed by atoms with Crippen molar-refractivity contribution in [1.82, 2.24) is 5.32 Å². The summed E-state index contributed by atoms with van der Waals surface area (Å²) in [6.45, 7) is 8.85. The van der Waals surface area contributed by atoms with Crippen molar-refractivity contribution in [2.24, 2.45) is 0 Å². The molecule has 122 valence electrons. The van der Waals surface area contributed by atoms with Gasteiger partial charge in [0.25, 0.3) is 0 Å². The van der Waals surface area contributed by atoms with Crippen LogP contribution in [0.3, 0.4) is 0 Å². The summed E-state index contributed by atoms with van der Waals surface area (Å²) in [4.78, 5) is 0. The fourth-order valence-electron chi connectivity index (χ4n) is 2.09. The van der Waals surface area contributed by atoms with Gasteiger partial charge in [-0.1, -0.05) is 23.8 Å². The maximum Gasteiger partial charge on any atom is 0.171 e. The summed E-state index contributed by atoms with van der Waals surface area (Å²) < 4.78 is 5.82. The van der Waals surface area contributed by atoms with Crippen LogP contribution in [0.1, 0.15) is 23.6 Å². The van der Waals surface area contributed by atoms with Gasteiger partial charge in [-0.15, -0.1) is 0 Å². The lowest BCUT2D eigenvalue weighted by Gasteiger charge is -2.18. The Morgan fingerprint density at radius 3 is 2.39 bits per heavy atom. The van der Waals surface area contributed by atoms with Gasteiger partial charge in [-0.2, -0.15) is 0 Å². The molecule has 1 atom stereocenters. The van der Waals surface area contributed by atoms with Crippen LogP contribution in [0, 0.1) is 20.8 Å². The average Bonchev–Trinajstić information content (AvgIpc) is 2.51. The van der Waals surface area contributed by atoms with E-state index < -0.39 is 0 Å². The minimum atomic E-state index is 0.113. The SMILES string of the molecule is Cc1ccc(NC(=S)N[C@@H](C)COc2ccc(C)c(C)c2)cc1. The minimum Gasteiger partial charge on any atom is -0.491 e. The Kier molecular flexibility index (Phi) is 5.99. The lowest BCUT2D eigenvalue weighted by Crippen LogP contribution is -2.39. The molecule has 0 saturated carbocycles. The molecule has 23 heavy (non-hydrogen) atoms. The highest BCUT2D eigenvalue weighted by Crippen LogP contribution is 2.16. The number of benzene rings is 2. The molecule has 2 N–H and O–H groups in total. The molecule has 4 heteroatoms. The Morgan fingerprint density at radius 2 is 1.74 bits per heavy atom. The first-order valence-electron chi connectivity index (χ1n) is 7.78. The van der Waals surface area contributed by atoms with E-state index in [1.807, 2.05) is 25.1 Å². The zero-order chi connectivity index (χ0) is 16.8. The predicted molar refractivity (Wildman–Crippen MR) is 101 cm³/mol. The topological polar surface area (TPSA) is 33.3 Å². The monoisotopic (exact) mass is 328 g/mol. The number of thiocarbonyl (C=S) groups is 1. The van der Waals surface area contributed by atoms with Gasteiger partial charge in [-0.3, -0.25) is 0 Å². The molecule has 3 nitrogen and oxygen atoms in total. The first kappa shape index (κ1) is 17.3. The van der Waals surface area contributed by atoms with Crippen LogP contribution in [0.15, 0.2) is 42.5 Å².